The van der Waals surface area contributed by atoms with Crippen LogP contribution in [0.25, 0.3) is 0 Å². The third-order valence-corrected chi connectivity index (χ3v) is 2.87. The molecular formula is C15H15FN2O2. The van der Waals surface area contributed by atoms with Crippen molar-refractivity contribution in [3.63, 3.8) is 0 Å². The number of carboxylic acid groups (broad SMARTS) is 1. The lowest BCUT2D eigenvalue weighted by Gasteiger charge is -2.24. The molecule has 0 saturated heterocycles. The Morgan fingerprint density at radius 1 is 1.20 bits per heavy atom. The number of para-hydroxylation sites is 2. The molecule has 0 aromatic heterocycles. The summed E-state index contributed by atoms with van der Waals surface area (Å²) in [7, 11) is 0. The van der Waals surface area contributed by atoms with Crippen LogP contribution >= 0.6 is 0 Å². The Hall–Kier alpha value is -2.56. The Balaban J connectivity index is 2.29. The van der Waals surface area contributed by atoms with Gasteiger partial charge in [0.05, 0.1) is 11.4 Å². The van der Waals surface area contributed by atoms with Crippen molar-refractivity contribution in [3.8, 4) is 0 Å². The van der Waals surface area contributed by atoms with Crippen LogP contribution in [0.5, 0.6) is 0 Å². The number of hydrogen-bond acceptors (Lipinski definition) is 3. The van der Waals surface area contributed by atoms with E-state index in [1.807, 2.05) is 0 Å². The van der Waals surface area contributed by atoms with Crippen LogP contribution in [-0.2, 0) is 11.3 Å². The van der Waals surface area contributed by atoms with Gasteiger partial charge < -0.3 is 15.7 Å². The highest BCUT2D eigenvalue weighted by atomic mass is 19.1. The van der Waals surface area contributed by atoms with Crippen LogP contribution in [0, 0.1) is 5.82 Å². The molecule has 0 radical (unpaired) electrons. The maximum absolute atomic E-state index is 13.2. The molecule has 0 aliphatic carbocycles. The third kappa shape index (κ3) is 3.47. The van der Waals surface area contributed by atoms with Gasteiger partial charge in [0.1, 0.15) is 12.4 Å². The quantitative estimate of drug-likeness (QED) is 0.822. The molecule has 2 aromatic rings. The van der Waals surface area contributed by atoms with Gasteiger partial charge in [-0.15, -0.1) is 0 Å². The first-order valence-electron chi connectivity index (χ1n) is 6.12. The number of hydrogen-bond donors (Lipinski definition) is 2. The minimum Gasteiger partial charge on any atom is -0.480 e. The molecule has 0 aliphatic rings. The van der Waals surface area contributed by atoms with Crippen molar-refractivity contribution < 1.29 is 14.3 Å². The van der Waals surface area contributed by atoms with Crippen LogP contribution in [0.3, 0.4) is 0 Å². The van der Waals surface area contributed by atoms with Crippen molar-refractivity contribution in [2.24, 2.45) is 0 Å². The molecule has 5 heteroatoms. The number of halogens is 1. The van der Waals surface area contributed by atoms with Crippen LogP contribution in [-0.4, -0.2) is 17.6 Å². The Kier molecular flexibility index (Phi) is 4.20. The van der Waals surface area contributed by atoms with Gasteiger partial charge in [-0.05, 0) is 29.8 Å². The summed E-state index contributed by atoms with van der Waals surface area (Å²) in [5, 5.41) is 9.01. The van der Waals surface area contributed by atoms with E-state index in [-0.39, 0.29) is 18.9 Å². The molecule has 2 rings (SSSR count). The molecule has 104 valence electrons. The average molecular weight is 274 g/mol. The van der Waals surface area contributed by atoms with Crippen molar-refractivity contribution in [2.75, 3.05) is 17.2 Å². The number of nitrogens with zero attached hydrogens (tertiary/aromatic N) is 1. The van der Waals surface area contributed by atoms with Gasteiger partial charge in [0.2, 0.25) is 0 Å². The van der Waals surface area contributed by atoms with E-state index in [2.05, 4.69) is 0 Å². The number of anilines is 2. The van der Waals surface area contributed by atoms with Gasteiger partial charge in [0.25, 0.3) is 0 Å². The van der Waals surface area contributed by atoms with Crippen LogP contribution in [0.4, 0.5) is 15.8 Å². The highest BCUT2D eigenvalue weighted by Crippen LogP contribution is 2.24. The van der Waals surface area contributed by atoms with Gasteiger partial charge in [0.15, 0.2) is 0 Å². The van der Waals surface area contributed by atoms with E-state index < -0.39 is 5.97 Å². The van der Waals surface area contributed by atoms with Crippen molar-refractivity contribution in [1.82, 2.24) is 0 Å². The lowest BCUT2D eigenvalue weighted by Crippen LogP contribution is -2.29. The monoisotopic (exact) mass is 274 g/mol. The predicted octanol–water partition coefficient (Wildman–Crippen LogP) is 2.50. The topological polar surface area (TPSA) is 66.6 Å². The summed E-state index contributed by atoms with van der Waals surface area (Å²) in [4.78, 5) is 12.6. The summed E-state index contributed by atoms with van der Waals surface area (Å²) < 4.78 is 13.2. The van der Waals surface area contributed by atoms with Gasteiger partial charge in [-0.1, -0.05) is 24.3 Å². The summed E-state index contributed by atoms with van der Waals surface area (Å²) in [6, 6.07) is 13.1. The second kappa shape index (κ2) is 6.06. The first-order valence-corrected chi connectivity index (χ1v) is 6.12. The first kappa shape index (κ1) is 13.9. The molecule has 0 saturated carbocycles. The fourth-order valence-electron chi connectivity index (χ4n) is 2.02. The van der Waals surface area contributed by atoms with E-state index in [9.17, 15) is 9.18 Å². The van der Waals surface area contributed by atoms with Crippen LogP contribution in [0.2, 0.25) is 0 Å². The van der Waals surface area contributed by atoms with Crippen molar-refractivity contribution in [3.05, 3.63) is 59.9 Å². The SMILES string of the molecule is Nc1ccccc1N(CC(=O)O)Cc1cccc(F)c1. The molecule has 4 nitrogen and oxygen atoms in total. The van der Waals surface area contributed by atoms with E-state index in [0.717, 1.165) is 0 Å². The molecule has 0 atom stereocenters. The summed E-state index contributed by atoms with van der Waals surface area (Å²) in [6.45, 7) is 0.0724. The maximum Gasteiger partial charge on any atom is 0.323 e. The van der Waals surface area contributed by atoms with E-state index in [1.54, 1.807) is 41.3 Å². The average Bonchev–Trinajstić information content (AvgIpc) is 2.38. The van der Waals surface area contributed by atoms with E-state index >= 15 is 0 Å². The van der Waals surface area contributed by atoms with Crippen LogP contribution < -0.4 is 10.6 Å². The molecule has 3 N–H and O–H groups in total. The van der Waals surface area contributed by atoms with Gasteiger partial charge >= 0.3 is 5.97 Å². The fourth-order valence-corrected chi connectivity index (χ4v) is 2.02. The van der Waals surface area contributed by atoms with E-state index in [0.29, 0.717) is 16.9 Å². The Bertz CT molecular complexity index is 616. The zero-order chi connectivity index (χ0) is 14.5. The highest BCUT2D eigenvalue weighted by Gasteiger charge is 2.13. The number of nitrogens with two attached hydrogens (primary N) is 1. The van der Waals surface area contributed by atoms with Crippen molar-refractivity contribution in [1.29, 1.82) is 0 Å². The molecule has 0 fully saturated rings. The normalized spacial score (nSPS) is 10.2. The molecule has 0 bridgehead atoms. The number of rotatable bonds is 5. The number of nitrogen functional groups attached to an aromatic ring is 1. The molecule has 2 aromatic carbocycles. The molecular weight excluding hydrogens is 259 g/mol. The second-order valence-electron chi connectivity index (χ2n) is 4.44. The predicted molar refractivity (Wildman–Crippen MR) is 75.9 cm³/mol. The zero-order valence-corrected chi connectivity index (χ0v) is 10.8. The maximum atomic E-state index is 13.2. The minimum atomic E-state index is -0.968. The van der Waals surface area contributed by atoms with Gasteiger partial charge in [-0.25, -0.2) is 4.39 Å². The zero-order valence-electron chi connectivity index (χ0n) is 10.8. The molecule has 20 heavy (non-hydrogen) atoms. The number of benzene rings is 2. The smallest absolute Gasteiger partial charge is 0.323 e. The Labute approximate surface area is 116 Å². The summed E-state index contributed by atoms with van der Waals surface area (Å²) in [5.74, 6) is -1.32. The molecule has 0 amide bonds. The Morgan fingerprint density at radius 3 is 2.60 bits per heavy atom. The molecule has 0 spiro atoms. The summed E-state index contributed by atoms with van der Waals surface area (Å²) >= 11 is 0. The highest BCUT2D eigenvalue weighted by molar-refractivity contribution is 5.77. The second-order valence-corrected chi connectivity index (χ2v) is 4.44. The van der Waals surface area contributed by atoms with Crippen molar-refractivity contribution >= 4 is 17.3 Å². The number of carboxylic acids is 1. The van der Waals surface area contributed by atoms with Gasteiger partial charge in [-0.3, -0.25) is 4.79 Å². The summed E-state index contributed by atoms with van der Waals surface area (Å²) in [5.41, 5.74) is 7.68. The lowest BCUT2D eigenvalue weighted by molar-refractivity contribution is -0.135. The van der Waals surface area contributed by atoms with Crippen LogP contribution in [0.1, 0.15) is 5.56 Å². The molecule has 0 heterocycles. The lowest BCUT2D eigenvalue weighted by atomic mass is 10.1. The standard InChI is InChI=1S/C15H15FN2O2/c16-12-5-3-4-11(8-12)9-18(10-15(19)20)14-7-2-1-6-13(14)17/h1-8H,9-10,17H2,(H,19,20). The van der Waals surface area contributed by atoms with E-state index in [1.165, 1.54) is 12.1 Å². The number of carbonyl (C=O) groups is 1. The summed E-state index contributed by atoms with van der Waals surface area (Å²) in [6.07, 6.45) is 0. The fraction of sp³-hybridized carbons (Fsp3) is 0.133. The third-order valence-electron chi connectivity index (χ3n) is 2.87. The molecule has 0 unspecified atom stereocenters. The van der Waals surface area contributed by atoms with Gasteiger partial charge in [0, 0.05) is 6.54 Å². The number of aliphatic carboxylic acids is 1. The minimum absolute atomic E-state index is 0.204. The first-order chi connectivity index (χ1) is 9.56. The van der Waals surface area contributed by atoms with Gasteiger partial charge in [-0.2, -0.15) is 0 Å². The molecule has 0 aliphatic heterocycles. The largest absolute Gasteiger partial charge is 0.480 e. The van der Waals surface area contributed by atoms with Crippen molar-refractivity contribution in [2.45, 2.75) is 6.54 Å². The Morgan fingerprint density at radius 2 is 1.95 bits per heavy atom. The van der Waals surface area contributed by atoms with Crippen LogP contribution in [0.15, 0.2) is 48.5 Å². The van der Waals surface area contributed by atoms with E-state index in [4.69, 9.17) is 10.8 Å².